The Kier molecular flexibility index (Phi) is 5.58. The average molecular weight is 402 g/mol. The van der Waals surface area contributed by atoms with E-state index in [9.17, 15) is 24.9 Å². The third-order valence-electron chi connectivity index (χ3n) is 4.68. The van der Waals surface area contributed by atoms with Gasteiger partial charge in [0.1, 0.15) is 17.6 Å². The molecule has 29 heavy (non-hydrogen) atoms. The number of aliphatic hydroxyl groups is 1. The summed E-state index contributed by atoms with van der Waals surface area (Å²) in [6.07, 6.45) is -1.15. The summed E-state index contributed by atoms with van der Waals surface area (Å²) in [6, 6.07) is 9.20. The number of amides is 1. The highest BCUT2D eigenvalue weighted by Crippen LogP contribution is 2.49. The lowest BCUT2D eigenvalue weighted by atomic mass is 9.87. The normalized spacial score (nSPS) is 20.8. The number of ether oxygens (including phenoxy) is 1. The van der Waals surface area contributed by atoms with E-state index in [1.54, 1.807) is 24.3 Å². The number of rotatable bonds is 5. The molecule has 0 radical (unpaired) electrons. The second-order valence-corrected chi connectivity index (χ2v) is 6.78. The Labute approximate surface area is 166 Å². The van der Waals surface area contributed by atoms with Crippen LogP contribution in [0.1, 0.15) is 35.3 Å². The van der Waals surface area contributed by atoms with Gasteiger partial charge in [0.05, 0.1) is 12.2 Å². The maximum atomic E-state index is 12.0. The van der Waals surface area contributed by atoms with Gasteiger partial charge in [-0.25, -0.2) is 9.90 Å². The number of fused-ring (bicyclic) bond motifs is 1. The predicted molar refractivity (Wildman–Crippen MR) is 100 cm³/mol. The zero-order chi connectivity index (χ0) is 21.3. The third-order valence-corrected chi connectivity index (χ3v) is 4.68. The molecule has 0 aromatic heterocycles. The number of nitrogens with zero attached hydrogens (tertiary/aromatic N) is 1. The number of likely N-dealkylation sites (N-methyl/N-ethyl adjacent to an activating group) is 1. The number of hydrogen-bond acceptors (Lipinski definition) is 8. The van der Waals surface area contributed by atoms with Gasteiger partial charge in [0, 0.05) is 26.6 Å². The molecular weight excluding hydrogens is 380 g/mol. The Bertz CT molecular complexity index is 945. The van der Waals surface area contributed by atoms with Crippen molar-refractivity contribution < 1.29 is 34.5 Å². The maximum absolute atomic E-state index is 12.0. The smallest absolute Gasteiger partial charge is 0.313 e. The highest BCUT2D eigenvalue weighted by atomic mass is 16.8. The molecule has 9 nitrogen and oxygen atoms in total. The van der Waals surface area contributed by atoms with Crippen molar-refractivity contribution in [3.8, 4) is 11.5 Å². The molecule has 154 valence electrons. The molecule has 1 amide bonds. The first-order chi connectivity index (χ1) is 13.7. The third kappa shape index (κ3) is 3.81. The summed E-state index contributed by atoms with van der Waals surface area (Å²) in [5.41, 5.74) is 7.16. The largest absolute Gasteiger partial charge is 0.508 e. The van der Waals surface area contributed by atoms with E-state index in [-0.39, 0.29) is 23.5 Å². The van der Waals surface area contributed by atoms with E-state index in [0.29, 0.717) is 17.2 Å². The molecule has 2 aromatic rings. The summed E-state index contributed by atoms with van der Waals surface area (Å²) in [6.45, 7) is 1.35. The van der Waals surface area contributed by atoms with Crippen LogP contribution in [-0.2, 0) is 38.1 Å². The average Bonchev–Trinajstić information content (AvgIpc) is 2.66. The molecule has 1 aliphatic heterocycles. The van der Waals surface area contributed by atoms with Crippen LogP contribution in [0.3, 0.4) is 0 Å². The van der Waals surface area contributed by atoms with Crippen molar-refractivity contribution in [2.45, 2.75) is 32.0 Å². The summed E-state index contributed by atoms with van der Waals surface area (Å²) < 4.78 is 5.78. The summed E-state index contributed by atoms with van der Waals surface area (Å²) in [4.78, 5) is 29.0. The number of carbonyl (C=O) groups excluding carboxylic acids is 2. The van der Waals surface area contributed by atoms with Gasteiger partial charge >= 0.3 is 5.91 Å². The van der Waals surface area contributed by atoms with Gasteiger partial charge in [-0.15, -0.1) is 0 Å². The monoisotopic (exact) mass is 402 g/mol. The van der Waals surface area contributed by atoms with E-state index in [1.165, 1.54) is 13.1 Å². The maximum Gasteiger partial charge on any atom is 0.313 e. The Hall–Kier alpha value is -2.98. The first kappa shape index (κ1) is 20.7. The van der Waals surface area contributed by atoms with Crippen LogP contribution in [0.25, 0.3) is 0 Å². The molecule has 3 rings (SSSR count). The number of carbonyl (C=O) groups is 2. The van der Waals surface area contributed by atoms with Gasteiger partial charge in [0.15, 0.2) is 0 Å². The number of aromatic hydroxyl groups is 2. The Morgan fingerprint density at radius 3 is 2.52 bits per heavy atom. The number of Topliss-reactive ketones (excluding diaryl/α,β-unsaturated/α-hetero) is 1. The lowest BCUT2D eigenvalue weighted by molar-refractivity contribution is -0.364. The van der Waals surface area contributed by atoms with Crippen LogP contribution in [0.15, 0.2) is 36.4 Å². The van der Waals surface area contributed by atoms with Crippen molar-refractivity contribution in [1.29, 1.82) is 0 Å². The number of phenolic OH excluding ortho intramolecular Hbond substituents is 2. The second kappa shape index (κ2) is 7.80. The quantitative estimate of drug-likeness (QED) is 0.329. The van der Waals surface area contributed by atoms with Crippen LogP contribution in [0, 0.1) is 0 Å². The Morgan fingerprint density at radius 1 is 1.28 bits per heavy atom. The highest BCUT2D eigenvalue weighted by Gasteiger charge is 2.50. The number of phenols is 2. The first-order valence-electron chi connectivity index (χ1n) is 8.83. The molecule has 0 saturated heterocycles. The summed E-state index contributed by atoms with van der Waals surface area (Å²) in [5, 5.41) is 32.3. The van der Waals surface area contributed by atoms with Crippen molar-refractivity contribution in [2.75, 3.05) is 7.05 Å². The summed E-state index contributed by atoms with van der Waals surface area (Å²) in [5.74, 6) is -4.84. The van der Waals surface area contributed by atoms with E-state index >= 15 is 0 Å². The van der Waals surface area contributed by atoms with Crippen molar-refractivity contribution in [2.24, 2.45) is 5.73 Å². The van der Waals surface area contributed by atoms with Crippen molar-refractivity contribution in [3.05, 3.63) is 58.7 Å². The molecule has 0 fully saturated rings. The molecule has 0 spiro atoms. The number of hydrogen-bond donors (Lipinski definition) is 4. The Morgan fingerprint density at radius 2 is 1.93 bits per heavy atom. The molecule has 1 heterocycles. The minimum absolute atomic E-state index is 0.0450. The van der Waals surface area contributed by atoms with Crippen LogP contribution in [-0.4, -0.2) is 39.1 Å². The summed E-state index contributed by atoms with van der Waals surface area (Å²) >= 11 is 0. The van der Waals surface area contributed by atoms with Crippen molar-refractivity contribution in [3.63, 3.8) is 0 Å². The van der Waals surface area contributed by atoms with Gasteiger partial charge in [-0.05, 0) is 22.8 Å². The SMILES string of the molecule is CC(=O)C(=O)N(C)OC1(O)c2c(O)cc(O)cc2COC1c1ccc(CN)cc1. The molecule has 2 atom stereocenters. The fraction of sp³-hybridized carbons (Fsp3) is 0.300. The van der Waals surface area contributed by atoms with E-state index in [4.69, 9.17) is 15.3 Å². The minimum atomic E-state index is -2.37. The standard InChI is InChI=1S/C20H22N2O7/c1-11(23)19(26)22(2)29-20(27)17-14(7-15(24)8-16(17)25)10-28-18(20)13-5-3-12(9-21)4-6-13/h3-8,18,24-25,27H,9-10,21H2,1-2H3. The molecule has 0 saturated carbocycles. The predicted octanol–water partition coefficient (Wildman–Crippen LogP) is 0.952. The van der Waals surface area contributed by atoms with Gasteiger partial charge in [-0.3, -0.25) is 9.59 Å². The minimum Gasteiger partial charge on any atom is -0.508 e. The van der Waals surface area contributed by atoms with Crippen LogP contribution in [0.5, 0.6) is 11.5 Å². The summed E-state index contributed by atoms with van der Waals surface area (Å²) in [7, 11) is 1.17. The lowest BCUT2D eigenvalue weighted by Crippen LogP contribution is -2.48. The molecule has 2 unspecified atom stereocenters. The molecule has 0 bridgehead atoms. The molecular formula is C20H22N2O7. The number of hydroxylamine groups is 2. The topological polar surface area (TPSA) is 143 Å². The van der Waals surface area contributed by atoms with Crippen LogP contribution in [0.2, 0.25) is 0 Å². The van der Waals surface area contributed by atoms with E-state index in [0.717, 1.165) is 18.6 Å². The number of benzene rings is 2. The zero-order valence-electron chi connectivity index (χ0n) is 16.0. The van der Waals surface area contributed by atoms with Crippen LogP contribution in [0.4, 0.5) is 0 Å². The molecule has 5 N–H and O–H groups in total. The molecule has 1 aliphatic rings. The highest BCUT2D eigenvalue weighted by molar-refractivity contribution is 6.34. The second-order valence-electron chi connectivity index (χ2n) is 6.78. The first-order valence-corrected chi connectivity index (χ1v) is 8.83. The Balaban J connectivity index is 2.12. The zero-order valence-corrected chi connectivity index (χ0v) is 16.0. The van der Waals surface area contributed by atoms with Gasteiger partial charge in [-0.1, -0.05) is 24.3 Å². The molecule has 2 aromatic carbocycles. The molecule has 0 aliphatic carbocycles. The fourth-order valence-electron chi connectivity index (χ4n) is 3.33. The lowest BCUT2D eigenvalue weighted by Gasteiger charge is -2.42. The number of ketones is 1. The van der Waals surface area contributed by atoms with E-state index < -0.39 is 29.3 Å². The van der Waals surface area contributed by atoms with Gasteiger partial charge < -0.3 is 25.8 Å². The van der Waals surface area contributed by atoms with Crippen molar-refractivity contribution in [1.82, 2.24) is 5.06 Å². The van der Waals surface area contributed by atoms with E-state index in [2.05, 4.69) is 0 Å². The van der Waals surface area contributed by atoms with Gasteiger partial charge in [0.2, 0.25) is 5.78 Å². The van der Waals surface area contributed by atoms with E-state index in [1.807, 2.05) is 0 Å². The van der Waals surface area contributed by atoms with Crippen LogP contribution >= 0.6 is 0 Å². The van der Waals surface area contributed by atoms with Gasteiger partial charge in [-0.2, -0.15) is 0 Å². The van der Waals surface area contributed by atoms with Crippen molar-refractivity contribution >= 4 is 11.7 Å². The molecule has 9 heteroatoms. The fourth-order valence-corrected chi connectivity index (χ4v) is 3.33. The number of nitrogens with two attached hydrogens (primary N) is 1. The van der Waals surface area contributed by atoms with Gasteiger partial charge in [0.25, 0.3) is 5.79 Å². The van der Waals surface area contributed by atoms with Crippen LogP contribution < -0.4 is 5.73 Å².